The van der Waals surface area contributed by atoms with Gasteiger partial charge in [-0.2, -0.15) is 0 Å². The second-order valence-electron chi connectivity index (χ2n) is 4.89. The molecule has 0 saturated carbocycles. The minimum absolute atomic E-state index is 0.00827. The minimum Gasteiger partial charge on any atom is -0.378 e. The number of aromatic nitrogens is 1. The first-order valence-corrected chi connectivity index (χ1v) is 6.67. The Balaban J connectivity index is 1.86. The van der Waals surface area contributed by atoms with Crippen molar-refractivity contribution >= 4 is 16.7 Å². The molecule has 0 spiro atoms. The number of pyridine rings is 1. The molecule has 5 heteroatoms. The number of benzene rings is 1. The van der Waals surface area contributed by atoms with Crippen LogP contribution in [-0.4, -0.2) is 43.2 Å². The van der Waals surface area contributed by atoms with Gasteiger partial charge in [0.15, 0.2) is 0 Å². The third kappa shape index (κ3) is 2.37. The van der Waals surface area contributed by atoms with Crippen molar-refractivity contribution in [2.45, 2.75) is 12.1 Å². The maximum atomic E-state index is 12.4. The quantitative estimate of drug-likeness (QED) is 0.872. The van der Waals surface area contributed by atoms with E-state index in [1.165, 1.54) is 0 Å². The molecule has 104 valence electrons. The van der Waals surface area contributed by atoms with Gasteiger partial charge < -0.3 is 15.4 Å². The number of carbonyl (C=O) groups excluding carboxylic acids is 1. The monoisotopic (exact) mass is 271 g/mol. The largest absolute Gasteiger partial charge is 0.378 e. The highest BCUT2D eigenvalue weighted by Crippen LogP contribution is 2.16. The van der Waals surface area contributed by atoms with Gasteiger partial charge in [0.05, 0.1) is 12.1 Å². The minimum atomic E-state index is -0.155. The van der Waals surface area contributed by atoms with Crippen molar-refractivity contribution in [1.29, 1.82) is 0 Å². The van der Waals surface area contributed by atoms with E-state index in [1.54, 1.807) is 13.3 Å². The predicted molar refractivity (Wildman–Crippen MR) is 76.7 cm³/mol. The zero-order valence-electron chi connectivity index (χ0n) is 11.3. The summed E-state index contributed by atoms with van der Waals surface area (Å²) in [5.41, 5.74) is 0.463. The van der Waals surface area contributed by atoms with Crippen LogP contribution in [0.25, 0.3) is 10.8 Å². The molecule has 1 saturated heterocycles. The number of carbonyl (C=O) groups is 1. The first-order valence-electron chi connectivity index (χ1n) is 6.67. The van der Waals surface area contributed by atoms with Crippen LogP contribution in [0.1, 0.15) is 10.5 Å². The highest BCUT2D eigenvalue weighted by atomic mass is 16.5. The van der Waals surface area contributed by atoms with Crippen LogP contribution in [0.15, 0.2) is 36.5 Å². The molecule has 2 atom stereocenters. The maximum absolute atomic E-state index is 12.4. The molecule has 2 aromatic rings. The molecule has 3 rings (SSSR count). The van der Waals surface area contributed by atoms with Gasteiger partial charge in [-0.15, -0.1) is 0 Å². The topological polar surface area (TPSA) is 63.2 Å². The van der Waals surface area contributed by atoms with Crippen LogP contribution in [0, 0.1) is 0 Å². The molecule has 0 bridgehead atoms. The van der Waals surface area contributed by atoms with E-state index in [2.05, 4.69) is 15.6 Å². The number of hydrogen-bond donors (Lipinski definition) is 2. The molecule has 0 radical (unpaired) electrons. The van der Waals surface area contributed by atoms with E-state index in [4.69, 9.17) is 4.74 Å². The van der Waals surface area contributed by atoms with Crippen LogP contribution >= 0.6 is 0 Å². The Hall–Kier alpha value is -1.98. The Morgan fingerprint density at radius 2 is 2.20 bits per heavy atom. The summed E-state index contributed by atoms with van der Waals surface area (Å²) in [4.78, 5) is 16.6. The van der Waals surface area contributed by atoms with E-state index in [1.807, 2.05) is 30.3 Å². The number of nitrogens with zero attached hydrogens (tertiary/aromatic N) is 1. The van der Waals surface area contributed by atoms with Crippen molar-refractivity contribution < 1.29 is 9.53 Å². The Bertz CT molecular complexity index is 624. The molecule has 5 nitrogen and oxygen atoms in total. The summed E-state index contributed by atoms with van der Waals surface area (Å²) in [6.07, 6.45) is 1.67. The lowest BCUT2D eigenvalue weighted by Crippen LogP contribution is -2.43. The average molecular weight is 271 g/mol. The fraction of sp³-hybridized carbons (Fsp3) is 0.333. The molecule has 1 aliphatic rings. The van der Waals surface area contributed by atoms with E-state index >= 15 is 0 Å². The van der Waals surface area contributed by atoms with Crippen LogP contribution in [0.4, 0.5) is 0 Å². The summed E-state index contributed by atoms with van der Waals surface area (Å²) in [6.45, 7) is 1.47. The summed E-state index contributed by atoms with van der Waals surface area (Å²) in [5.74, 6) is -0.155. The van der Waals surface area contributed by atoms with Gasteiger partial charge in [0.1, 0.15) is 5.69 Å². The molecule has 1 fully saturated rings. The normalized spacial score (nSPS) is 22.1. The van der Waals surface area contributed by atoms with Crippen molar-refractivity contribution in [3.8, 4) is 0 Å². The number of amides is 1. The molecule has 1 aromatic carbocycles. The van der Waals surface area contributed by atoms with E-state index < -0.39 is 0 Å². The molecule has 20 heavy (non-hydrogen) atoms. The van der Waals surface area contributed by atoms with Gasteiger partial charge >= 0.3 is 0 Å². The van der Waals surface area contributed by atoms with Gasteiger partial charge in [0.25, 0.3) is 5.91 Å². The summed E-state index contributed by atoms with van der Waals surface area (Å²) < 4.78 is 5.35. The van der Waals surface area contributed by atoms with Crippen molar-refractivity contribution in [3.63, 3.8) is 0 Å². The SMILES string of the molecule is CO[C@H]1CNCC1NC(=O)c1nccc2ccccc12. The summed E-state index contributed by atoms with van der Waals surface area (Å²) in [6, 6.07) is 9.64. The zero-order chi connectivity index (χ0) is 13.9. The van der Waals surface area contributed by atoms with Gasteiger partial charge in [-0.05, 0) is 11.5 Å². The van der Waals surface area contributed by atoms with Crippen LogP contribution in [-0.2, 0) is 4.74 Å². The lowest BCUT2D eigenvalue weighted by atomic mass is 10.1. The van der Waals surface area contributed by atoms with Gasteiger partial charge in [-0.25, -0.2) is 0 Å². The molecular formula is C15H17N3O2. The van der Waals surface area contributed by atoms with Gasteiger partial charge in [0, 0.05) is 31.8 Å². The van der Waals surface area contributed by atoms with Crippen LogP contribution < -0.4 is 10.6 Å². The van der Waals surface area contributed by atoms with Crippen LogP contribution in [0.3, 0.4) is 0 Å². The smallest absolute Gasteiger partial charge is 0.270 e. The number of rotatable bonds is 3. The molecule has 1 aliphatic heterocycles. The molecule has 0 aliphatic carbocycles. The number of ether oxygens (including phenoxy) is 1. The Morgan fingerprint density at radius 3 is 3.05 bits per heavy atom. The zero-order valence-corrected chi connectivity index (χ0v) is 11.3. The van der Waals surface area contributed by atoms with Crippen molar-refractivity contribution in [3.05, 3.63) is 42.2 Å². The first-order chi connectivity index (χ1) is 9.79. The second kappa shape index (κ2) is 5.56. The molecule has 1 unspecified atom stereocenters. The Labute approximate surface area is 117 Å². The van der Waals surface area contributed by atoms with Crippen LogP contribution in [0.2, 0.25) is 0 Å². The van der Waals surface area contributed by atoms with E-state index in [9.17, 15) is 4.79 Å². The number of hydrogen-bond acceptors (Lipinski definition) is 4. The Morgan fingerprint density at radius 1 is 1.35 bits per heavy atom. The summed E-state index contributed by atoms with van der Waals surface area (Å²) in [5, 5.41) is 8.09. The predicted octanol–water partition coefficient (Wildman–Crippen LogP) is 0.951. The summed E-state index contributed by atoms with van der Waals surface area (Å²) >= 11 is 0. The molecule has 2 heterocycles. The summed E-state index contributed by atoms with van der Waals surface area (Å²) in [7, 11) is 1.66. The second-order valence-corrected chi connectivity index (χ2v) is 4.89. The molecule has 1 amide bonds. The van der Waals surface area contributed by atoms with Gasteiger partial charge in [0.2, 0.25) is 0 Å². The van der Waals surface area contributed by atoms with Gasteiger partial charge in [-0.3, -0.25) is 9.78 Å². The number of nitrogens with one attached hydrogen (secondary N) is 2. The van der Waals surface area contributed by atoms with E-state index in [0.29, 0.717) is 5.69 Å². The third-order valence-electron chi connectivity index (χ3n) is 3.67. The maximum Gasteiger partial charge on any atom is 0.270 e. The molecule has 1 aromatic heterocycles. The van der Waals surface area contributed by atoms with Crippen LogP contribution in [0.5, 0.6) is 0 Å². The fourth-order valence-corrected chi connectivity index (χ4v) is 2.58. The van der Waals surface area contributed by atoms with Crippen molar-refractivity contribution in [1.82, 2.24) is 15.6 Å². The lowest BCUT2D eigenvalue weighted by molar-refractivity contribution is 0.0777. The standard InChI is InChI=1S/C15H17N3O2/c1-20-13-9-16-8-12(13)18-15(19)14-11-5-3-2-4-10(11)6-7-17-14/h2-7,12-13,16H,8-9H2,1H3,(H,18,19)/t12?,13-/m0/s1. The number of fused-ring (bicyclic) bond motifs is 1. The van der Waals surface area contributed by atoms with Crippen molar-refractivity contribution in [2.75, 3.05) is 20.2 Å². The molecular weight excluding hydrogens is 254 g/mol. The third-order valence-corrected chi connectivity index (χ3v) is 3.67. The average Bonchev–Trinajstić information content (AvgIpc) is 2.93. The van der Waals surface area contributed by atoms with Crippen molar-refractivity contribution in [2.24, 2.45) is 0 Å². The molecule has 2 N–H and O–H groups in total. The van der Waals surface area contributed by atoms with E-state index in [0.717, 1.165) is 23.9 Å². The number of methoxy groups -OCH3 is 1. The van der Waals surface area contributed by atoms with Gasteiger partial charge in [-0.1, -0.05) is 24.3 Å². The fourth-order valence-electron chi connectivity index (χ4n) is 2.58. The highest BCUT2D eigenvalue weighted by molar-refractivity contribution is 6.05. The first kappa shape index (κ1) is 13.0. The lowest BCUT2D eigenvalue weighted by Gasteiger charge is -2.18. The van der Waals surface area contributed by atoms with E-state index in [-0.39, 0.29) is 18.1 Å². The Kier molecular flexibility index (Phi) is 3.62. The highest BCUT2D eigenvalue weighted by Gasteiger charge is 2.29.